The largest absolute Gasteiger partial charge is 0.508 e. The van der Waals surface area contributed by atoms with E-state index in [9.17, 15) is 15.0 Å². The number of hydrogen-bond acceptors (Lipinski definition) is 6. The van der Waals surface area contributed by atoms with Crippen LogP contribution in [0.15, 0.2) is 45.6 Å². The summed E-state index contributed by atoms with van der Waals surface area (Å²) in [5, 5.41) is 28.7. The summed E-state index contributed by atoms with van der Waals surface area (Å²) in [5.74, 6) is -0.306. The first-order chi connectivity index (χ1) is 11.0. The summed E-state index contributed by atoms with van der Waals surface area (Å²) < 4.78 is 5.22. The molecule has 23 heavy (non-hydrogen) atoms. The molecule has 0 spiro atoms. The lowest BCUT2D eigenvalue weighted by atomic mass is 9.99. The normalized spacial score (nSPS) is 10.9. The first kappa shape index (κ1) is 14.9. The van der Waals surface area contributed by atoms with Crippen molar-refractivity contribution in [2.24, 2.45) is 0 Å². The van der Waals surface area contributed by atoms with Gasteiger partial charge in [0.25, 0.3) is 0 Å². The predicted octanol–water partition coefficient (Wildman–Crippen LogP) is 2.90. The summed E-state index contributed by atoms with van der Waals surface area (Å²) in [5.41, 5.74) is 4.12. The molecule has 0 unspecified atom stereocenters. The smallest absolute Gasteiger partial charge is 0.340 e. The molecule has 0 aliphatic rings. The lowest BCUT2D eigenvalue weighted by Crippen LogP contribution is -2.11. The van der Waals surface area contributed by atoms with Gasteiger partial charge in [-0.2, -0.15) is 0 Å². The van der Waals surface area contributed by atoms with Gasteiger partial charge in [-0.1, -0.05) is 12.1 Å². The maximum atomic E-state index is 12.2. The van der Waals surface area contributed by atoms with Gasteiger partial charge in [-0.25, -0.2) is 4.79 Å². The maximum absolute atomic E-state index is 12.2. The van der Waals surface area contributed by atoms with E-state index >= 15 is 0 Å². The Hall–Kier alpha value is -2.99. The zero-order chi connectivity index (χ0) is 16.6. The third kappa shape index (κ3) is 2.72. The zero-order valence-electron chi connectivity index (χ0n) is 12.3. The molecule has 0 aliphatic heterocycles. The Bertz CT molecular complexity index is 928. The van der Waals surface area contributed by atoms with Crippen molar-refractivity contribution < 1.29 is 19.8 Å². The molecule has 3 aromatic rings. The van der Waals surface area contributed by atoms with Gasteiger partial charge in [-0.3, -0.25) is 10.7 Å². The third-order valence-corrected chi connectivity index (χ3v) is 3.81. The minimum Gasteiger partial charge on any atom is -0.508 e. The van der Waals surface area contributed by atoms with E-state index in [0.29, 0.717) is 28.6 Å². The van der Waals surface area contributed by atoms with Crippen LogP contribution in [0.1, 0.15) is 16.7 Å². The average Bonchev–Trinajstić information content (AvgIpc) is 2.51. The highest BCUT2D eigenvalue weighted by atomic mass is 16.5. The molecule has 6 nitrogen and oxygen atoms in total. The number of phenols is 2. The molecule has 0 saturated carbocycles. The van der Waals surface area contributed by atoms with E-state index in [4.69, 9.17) is 9.62 Å². The van der Waals surface area contributed by atoms with E-state index in [1.54, 1.807) is 31.2 Å². The maximum Gasteiger partial charge on any atom is 0.340 e. The van der Waals surface area contributed by atoms with Crippen molar-refractivity contribution in [1.82, 2.24) is 0 Å². The van der Waals surface area contributed by atoms with Crippen molar-refractivity contribution in [3.05, 3.63) is 63.5 Å². The molecule has 0 fully saturated rings. The molecule has 1 heterocycles. The van der Waals surface area contributed by atoms with Crippen LogP contribution in [-0.2, 0) is 6.42 Å². The van der Waals surface area contributed by atoms with Crippen molar-refractivity contribution in [3.8, 4) is 11.5 Å². The molecule has 0 amide bonds. The Morgan fingerprint density at radius 3 is 2.48 bits per heavy atom. The molecular weight excluding hydrogens is 298 g/mol. The number of aryl methyl sites for hydroxylation is 1. The van der Waals surface area contributed by atoms with E-state index in [1.807, 2.05) is 5.48 Å². The summed E-state index contributed by atoms with van der Waals surface area (Å²) in [6.45, 7) is 1.73. The minimum absolute atomic E-state index is 0.137. The van der Waals surface area contributed by atoms with Gasteiger partial charge in [-0.15, -0.1) is 0 Å². The fourth-order valence-electron chi connectivity index (χ4n) is 2.62. The van der Waals surface area contributed by atoms with Gasteiger partial charge in [0.1, 0.15) is 17.1 Å². The van der Waals surface area contributed by atoms with Crippen molar-refractivity contribution in [1.29, 1.82) is 0 Å². The highest BCUT2D eigenvalue weighted by Gasteiger charge is 2.15. The summed E-state index contributed by atoms with van der Waals surface area (Å²) in [7, 11) is 0. The molecular formula is C17H15NO5. The quantitative estimate of drug-likeness (QED) is 0.438. The molecule has 0 atom stereocenters. The van der Waals surface area contributed by atoms with Crippen LogP contribution >= 0.6 is 0 Å². The monoisotopic (exact) mass is 313 g/mol. The van der Waals surface area contributed by atoms with Crippen molar-refractivity contribution >= 4 is 16.7 Å². The number of anilines is 1. The van der Waals surface area contributed by atoms with Crippen LogP contribution in [0.5, 0.6) is 11.5 Å². The molecule has 0 bridgehead atoms. The first-order valence-electron chi connectivity index (χ1n) is 6.97. The molecule has 0 radical (unpaired) electrons. The number of aromatic hydroxyl groups is 2. The van der Waals surface area contributed by atoms with Crippen LogP contribution in [0, 0.1) is 6.92 Å². The van der Waals surface area contributed by atoms with Crippen LogP contribution < -0.4 is 11.1 Å². The highest BCUT2D eigenvalue weighted by molar-refractivity contribution is 5.88. The minimum atomic E-state index is -0.510. The lowest BCUT2D eigenvalue weighted by Gasteiger charge is -2.10. The predicted molar refractivity (Wildman–Crippen MR) is 85.2 cm³/mol. The average molecular weight is 313 g/mol. The SMILES string of the molecule is Cc1c(Cc2ccc(NO)cc2)c(=O)oc2cc(O)cc(O)c12. The number of phenolic OH excluding ortho intramolecular Hbond substituents is 2. The van der Waals surface area contributed by atoms with Gasteiger partial charge in [0, 0.05) is 24.1 Å². The van der Waals surface area contributed by atoms with E-state index in [2.05, 4.69) is 0 Å². The van der Waals surface area contributed by atoms with E-state index in [0.717, 1.165) is 5.56 Å². The molecule has 4 N–H and O–H groups in total. The Labute approximate surface area is 131 Å². The lowest BCUT2D eigenvalue weighted by molar-refractivity contribution is 0.389. The van der Waals surface area contributed by atoms with Gasteiger partial charge in [0.2, 0.25) is 0 Å². The number of hydrogen-bond donors (Lipinski definition) is 4. The van der Waals surface area contributed by atoms with E-state index in [-0.39, 0.29) is 17.1 Å². The van der Waals surface area contributed by atoms with Crippen LogP contribution in [0.2, 0.25) is 0 Å². The number of nitrogens with one attached hydrogen (secondary N) is 1. The second kappa shape index (κ2) is 5.66. The fraction of sp³-hybridized carbons (Fsp3) is 0.118. The first-order valence-corrected chi connectivity index (χ1v) is 6.97. The van der Waals surface area contributed by atoms with Gasteiger partial charge >= 0.3 is 5.63 Å². The molecule has 6 heteroatoms. The van der Waals surface area contributed by atoms with E-state index < -0.39 is 5.63 Å². The van der Waals surface area contributed by atoms with Crippen LogP contribution in [0.25, 0.3) is 11.0 Å². The fourth-order valence-corrected chi connectivity index (χ4v) is 2.62. The molecule has 0 aliphatic carbocycles. The van der Waals surface area contributed by atoms with Crippen molar-refractivity contribution in [3.63, 3.8) is 0 Å². The van der Waals surface area contributed by atoms with Crippen LogP contribution in [-0.4, -0.2) is 15.4 Å². The molecule has 3 rings (SSSR count). The number of fused-ring (bicyclic) bond motifs is 1. The van der Waals surface area contributed by atoms with Gasteiger partial charge < -0.3 is 14.6 Å². The standard InChI is InChI=1S/C17H15NO5/c1-9-13(6-10-2-4-11(18-22)5-3-10)17(21)23-15-8-12(19)7-14(20)16(9)15/h2-5,7-8,18-20,22H,6H2,1H3. The Balaban J connectivity index is 2.11. The summed E-state index contributed by atoms with van der Waals surface area (Å²) in [6.07, 6.45) is 0.329. The van der Waals surface area contributed by atoms with Crippen LogP contribution in [0.3, 0.4) is 0 Å². The summed E-state index contributed by atoms with van der Waals surface area (Å²) in [6, 6.07) is 9.43. The van der Waals surface area contributed by atoms with Crippen LogP contribution in [0.4, 0.5) is 5.69 Å². The Kier molecular flexibility index (Phi) is 3.67. The summed E-state index contributed by atoms with van der Waals surface area (Å²) >= 11 is 0. The van der Waals surface area contributed by atoms with Crippen molar-refractivity contribution in [2.75, 3.05) is 5.48 Å². The molecule has 1 aromatic heterocycles. The topological polar surface area (TPSA) is 103 Å². The van der Waals surface area contributed by atoms with Gasteiger partial charge in [-0.05, 0) is 30.2 Å². The number of benzene rings is 2. The highest BCUT2D eigenvalue weighted by Crippen LogP contribution is 2.32. The zero-order valence-corrected chi connectivity index (χ0v) is 12.3. The Morgan fingerprint density at radius 2 is 1.83 bits per heavy atom. The van der Waals surface area contributed by atoms with Gasteiger partial charge in [0.15, 0.2) is 0 Å². The second-order valence-electron chi connectivity index (χ2n) is 5.32. The van der Waals surface area contributed by atoms with Crippen molar-refractivity contribution in [2.45, 2.75) is 13.3 Å². The Morgan fingerprint density at radius 1 is 1.13 bits per heavy atom. The molecule has 118 valence electrons. The summed E-state index contributed by atoms with van der Waals surface area (Å²) in [4.78, 5) is 12.2. The van der Waals surface area contributed by atoms with Gasteiger partial charge in [0.05, 0.1) is 11.1 Å². The third-order valence-electron chi connectivity index (χ3n) is 3.81. The second-order valence-corrected chi connectivity index (χ2v) is 5.32. The number of rotatable bonds is 3. The molecule has 0 saturated heterocycles. The van der Waals surface area contributed by atoms with E-state index in [1.165, 1.54) is 12.1 Å². The molecule has 2 aromatic carbocycles.